The monoisotopic (exact) mass is 284 g/mol. The van der Waals surface area contributed by atoms with Gasteiger partial charge in [-0.3, -0.25) is 9.78 Å². The Morgan fingerprint density at radius 2 is 1.95 bits per heavy atom. The number of methoxy groups -OCH3 is 1. The van der Waals surface area contributed by atoms with Gasteiger partial charge in [-0.05, 0) is 24.6 Å². The number of nitrogens with zero attached hydrogens (tertiary/aromatic N) is 1. The van der Waals surface area contributed by atoms with Crippen LogP contribution in [0.25, 0.3) is 0 Å². The first-order chi connectivity index (χ1) is 10.2. The second kappa shape index (κ2) is 7.55. The molecule has 1 aromatic carbocycles. The summed E-state index contributed by atoms with van der Waals surface area (Å²) in [6, 6.07) is 15.6. The maximum Gasteiger partial charge on any atom is 0.314 e. The van der Waals surface area contributed by atoms with E-state index in [0.717, 1.165) is 17.0 Å². The quantitative estimate of drug-likeness (QED) is 0.828. The number of pyridine rings is 1. The predicted octanol–water partition coefficient (Wildman–Crippen LogP) is 2.44. The molecule has 0 amide bonds. The number of carbonyl (C=O) groups excluding carboxylic acids is 1. The maximum atomic E-state index is 11.9. The fourth-order valence-corrected chi connectivity index (χ4v) is 2.21. The molecular formula is C17H20N2O2. The minimum absolute atomic E-state index is 0.231. The van der Waals surface area contributed by atoms with E-state index in [1.165, 1.54) is 7.11 Å². The van der Waals surface area contributed by atoms with Gasteiger partial charge < -0.3 is 10.1 Å². The normalized spacial score (nSPS) is 11.9. The lowest BCUT2D eigenvalue weighted by Crippen LogP contribution is -2.27. The van der Waals surface area contributed by atoms with Gasteiger partial charge in [0.1, 0.15) is 0 Å². The molecule has 1 heterocycles. The van der Waals surface area contributed by atoms with Crippen LogP contribution in [0.2, 0.25) is 0 Å². The van der Waals surface area contributed by atoms with E-state index in [9.17, 15) is 4.79 Å². The van der Waals surface area contributed by atoms with Crippen LogP contribution in [0.5, 0.6) is 0 Å². The Balaban J connectivity index is 1.98. The molecule has 4 nitrogen and oxygen atoms in total. The zero-order valence-corrected chi connectivity index (χ0v) is 12.4. The summed E-state index contributed by atoms with van der Waals surface area (Å²) in [4.78, 5) is 16.4. The lowest BCUT2D eigenvalue weighted by atomic mass is 9.99. The van der Waals surface area contributed by atoms with Crippen molar-refractivity contribution in [3.05, 3.63) is 65.5 Å². The van der Waals surface area contributed by atoms with Crippen LogP contribution in [0.1, 0.15) is 22.9 Å². The van der Waals surface area contributed by atoms with E-state index in [1.807, 2.05) is 55.5 Å². The molecule has 2 aromatic rings. The van der Waals surface area contributed by atoms with Crippen LogP contribution in [-0.2, 0) is 16.1 Å². The number of aryl methyl sites for hydroxylation is 1. The lowest BCUT2D eigenvalue weighted by molar-refractivity contribution is -0.142. The first-order valence-electron chi connectivity index (χ1n) is 6.96. The Bertz CT molecular complexity index is 584. The van der Waals surface area contributed by atoms with E-state index in [1.54, 1.807) is 0 Å². The fraction of sp³-hybridized carbons (Fsp3) is 0.294. The molecule has 0 fully saturated rings. The molecule has 1 atom stereocenters. The minimum Gasteiger partial charge on any atom is -0.469 e. The van der Waals surface area contributed by atoms with Crippen LogP contribution in [0, 0.1) is 6.92 Å². The standard InChI is InChI=1S/C17H20N2O2/c1-13-7-6-10-15(19-13)11-18-12-16(17(20)21-2)14-8-4-3-5-9-14/h3-10,16,18H,11-12H2,1-2H3. The van der Waals surface area contributed by atoms with Crippen molar-refractivity contribution in [1.82, 2.24) is 10.3 Å². The second-order valence-electron chi connectivity index (χ2n) is 4.89. The zero-order valence-electron chi connectivity index (χ0n) is 12.4. The largest absolute Gasteiger partial charge is 0.469 e. The van der Waals surface area contributed by atoms with Crippen LogP contribution in [0.3, 0.4) is 0 Å². The van der Waals surface area contributed by atoms with Crippen molar-refractivity contribution < 1.29 is 9.53 Å². The van der Waals surface area contributed by atoms with Gasteiger partial charge in [0.15, 0.2) is 0 Å². The SMILES string of the molecule is COC(=O)C(CNCc1cccc(C)n1)c1ccccc1. The molecule has 2 rings (SSSR count). The zero-order chi connectivity index (χ0) is 15.1. The van der Waals surface area contributed by atoms with Crippen molar-refractivity contribution in [1.29, 1.82) is 0 Å². The molecule has 0 bridgehead atoms. The summed E-state index contributed by atoms with van der Waals surface area (Å²) in [7, 11) is 1.42. The van der Waals surface area contributed by atoms with Crippen LogP contribution < -0.4 is 5.32 Å². The fourth-order valence-electron chi connectivity index (χ4n) is 2.21. The third-order valence-electron chi connectivity index (χ3n) is 3.29. The average Bonchev–Trinajstić information content (AvgIpc) is 2.52. The molecule has 4 heteroatoms. The van der Waals surface area contributed by atoms with Gasteiger partial charge in [0.2, 0.25) is 0 Å². The molecule has 0 aliphatic heterocycles. The molecule has 1 aromatic heterocycles. The number of esters is 1. The number of nitrogens with one attached hydrogen (secondary N) is 1. The molecule has 21 heavy (non-hydrogen) atoms. The summed E-state index contributed by atoms with van der Waals surface area (Å²) in [6.45, 7) is 3.11. The summed E-state index contributed by atoms with van der Waals surface area (Å²) in [5.74, 6) is -0.535. The van der Waals surface area contributed by atoms with Gasteiger partial charge in [-0.1, -0.05) is 36.4 Å². The van der Waals surface area contributed by atoms with E-state index in [2.05, 4.69) is 10.3 Å². The topological polar surface area (TPSA) is 51.2 Å². The highest BCUT2D eigenvalue weighted by molar-refractivity contribution is 5.78. The van der Waals surface area contributed by atoms with Crippen molar-refractivity contribution in [2.24, 2.45) is 0 Å². The smallest absolute Gasteiger partial charge is 0.314 e. The molecular weight excluding hydrogens is 264 g/mol. The van der Waals surface area contributed by atoms with Crippen molar-refractivity contribution >= 4 is 5.97 Å². The van der Waals surface area contributed by atoms with Gasteiger partial charge in [-0.2, -0.15) is 0 Å². The Labute approximate surface area is 125 Å². The number of hydrogen-bond donors (Lipinski definition) is 1. The first-order valence-corrected chi connectivity index (χ1v) is 6.96. The van der Waals surface area contributed by atoms with Gasteiger partial charge >= 0.3 is 5.97 Å². The third kappa shape index (κ3) is 4.39. The lowest BCUT2D eigenvalue weighted by Gasteiger charge is -2.15. The van der Waals surface area contributed by atoms with E-state index >= 15 is 0 Å². The number of benzene rings is 1. The summed E-state index contributed by atoms with van der Waals surface area (Å²) in [5.41, 5.74) is 2.91. The van der Waals surface area contributed by atoms with Crippen molar-refractivity contribution in [2.75, 3.05) is 13.7 Å². The highest BCUT2D eigenvalue weighted by Crippen LogP contribution is 2.16. The number of rotatable bonds is 6. The Morgan fingerprint density at radius 3 is 2.62 bits per heavy atom. The molecule has 0 radical (unpaired) electrons. The van der Waals surface area contributed by atoms with Gasteiger partial charge in [0.05, 0.1) is 18.7 Å². The first kappa shape index (κ1) is 15.2. The predicted molar refractivity (Wildman–Crippen MR) is 81.9 cm³/mol. The molecule has 0 aliphatic rings. The number of hydrogen-bond acceptors (Lipinski definition) is 4. The van der Waals surface area contributed by atoms with E-state index in [-0.39, 0.29) is 11.9 Å². The Morgan fingerprint density at radius 1 is 1.19 bits per heavy atom. The molecule has 0 spiro atoms. The Hall–Kier alpha value is -2.20. The van der Waals surface area contributed by atoms with Crippen molar-refractivity contribution in [3.8, 4) is 0 Å². The molecule has 0 saturated heterocycles. The van der Waals surface area contributed by atoms with Crippen LogP contribution in [0.4, 0.5) is 0 Å². The van der Waals surface area contributed by atoms with E-state index in [0.29, 0.717) is 13.1 Å². The van der Waals surface area contributed by atoms with Gasteiger partial charge in [-0.25, -0.2) is 0 Å². The summed E-state index contributed by atoms with van der Waals surface area (Å²) < 4.78 is 4.89. The highest BCUT2D eigenvalue weighted by atomic mass is 16.5. The van der Waals surface area contributed by atoms with Crippen LogP contribution >= 0.6 is 0 Å². The van der Waals surface area contributed by atoms with Crippen LogP contribution in [0.15, 0.2) is 48.5 Å². The van der Waals surface area contributed by atoms with Gasteiger partial charge in [0.25, 0.3) is 0 Å². The summed E-state index contributed by atoms with van der Waals surface area (Å²) >= 11 is 0. The number of ether oxygens (including phenoxy) is 1. The highest BCUT2D eigenvalue weighted by Gasteiger charge is 2.20. The minimum atomic E-state index is -0.305. The Kier molecular flexibility index (Phi) is 5.46. The van der Waals surface area contributed by atoms with Crippen LogP contribution in [-0.4, -0.2) is 24.6 Å². The molecule has 0 saturated carbocycles. The molecule has 1 N–H and O–H groups in total. The van der Waals surface area contributed by atoms with E-state index in [4.69, 9.17) is 4.74 Å². The summed E-state index contributed by atoms with van der Waals surface area (Å²) in [5, 5.41) is 3.28. The average molecular weight is 284 g/mol. The number of carbonyl (C=O) groups is 1. The summed E-state index contributed by atoms with van der Waals surface area (Å²) in [6.07, 6.45) is 0. The van der Waals surface area contributed by atoms with Gasteiger partial charge in [-0.15, -0.1) is 0 Å². The maximum absolute atomic E-state index is 11.9. The number of aromatic nitrogens is 1. The van der Waals surface area contributed by atoms with Gasteiger partial charge in [0, 0.05) is 18.8 Å². The molecule has 0 aliphatic carbocycles. The van der Waals surface area contributed by atoms with Crippen molar-refractivity contribution in [2.45, 2.75) is 19.4 Å². The molecule has 1 unspecified atom stereocenters. The molecule has 110 valence electrons. The van der Waals surface area contributed by atoms with Crippen molar-refractivity contribution in [3.63, 3.8) is 0 Å². The van der Waals surface area contributed by atoms with E-state index < -0.39 is 0 Å². The third-order valence-corrected chi connectivity index (χ3v) is 3.29. The second-order valence-corrected chi connectivity index (χ2v) is 4.89.